The zero-order chi connectivity index (χ0) is 10.7. The Morgan fingerprint density at radius 3 is 3.07 bits per heavy atom. The van der Waals surface area contributed by atoms with E-state index in [9.17, 15) is 0 Å². The van der Waals surface area contributed by atoms with Crippen molar-refractivity contribution < 1.29 is 0 Å². The Balaban J connectivity index is 1.88. The summed E-state index contributed by atoms with van der Waals surface area (Å²) < 4.78 is 2.33. The van der Waals surface area contributed by atoms with Crippen LogP contribution in [0.25, 0.3) is 0 Å². The van der Waals surface area contributed by atoms with E-state index in [0.717, 1.165) is 25.7 Å². The second-order valence-electron chi connectivity index (χ2n) is 4.36. The molecule has 4 nitrogen and oxygen atoms in total. The number of nitrogens with zero attached hydrogens (tertiary/aromatic N) is 3. The van der Waals surface area contributed by atoms with Crippen LogP contribution in [0.15, 0.2) is 12.5 Å². The fourth-order valence-corrected chi connectivity index (χ4v) is 1.79. The Morgan fingerprint density at radius 2 is 2.40 bits per heavy atom. The minimum absolute atomic E-state index is 0.736. The highest BCUT2D eigenvalue weighted by Gasteiger charge is 2.25. The molecule has 1 aromatic rings. The molecule has 15 heavy (non-hydrogen) atoms. The van der Waals surface area contributed by atoms with E-state index in [0.29, 0.717) is 0 Å². The van der Waals surface area contributed by atoms with Gasteiger partial charge in [-0.25, -0.2) is 4.98 Å². The van der Waals surface area contributed by atoms with Gasteiger partial charge < -0.3 is 9.88 Å². The standard InChI is InChI=1S/C11H20N4/c1-12-5-6-14(2)8-11-7-13-9-15(11)10-3-4-10/h7,9-10,12H,3-6,8H2,1-2H3. The molecule has 1 aliphatic rings. The Kier molecular flexibility index (Phi) is 3.38. The minimum Gasteiger partial charge on any atom is -0.330 e. The average Bonchev–Trinajstić information content (AvgIpc) is 2.97. The molecule has 1 fully saturated rings. The Bertz CT molecular complexity index is 303. The van der Waals surface area contributed by atoms with Crippen LogP contribution in [0.2, 0.25) is 0 Å². The molecule has 4 heteroatoms. The number of likely N-dealkylation sites (N-methyl/N-ethyl adjacent to an activating group) is 2. The van der Waals surface area contributed by atoms with Crippen molar-refractivity contribution in [2.24, 2.45) is 0 Å². The minimum atomic E-state index is 0.736. The van der Waals surface area contributed by atoms with Crippen molar-refractivity contribution in [3.63, 3.8) is 0 Å². The van der Waals surface area contributed by atoms with E-state index in [1.54, 1.807) is 0 Å². The van der Waals surface area contributed by atoms with Crippen molar-refractivity contribution in [1.29, 1.82) is 0 Å². The lowest BCUT2D eigenvalue weighted by Crippen LogP contribution is -2.27. The second-order valence-corrected chi connectivity index (χ2v) is 4.36. The molecule has 84 valence electrons. The van der Waals surface area contributed by atoms with E-state index in [4.69, 9.17) is 0 Å². The lowest BCUT2D eigenvalue weighted by atomic mass is 10.4. The lowest BCUT2D eigenvalue weighted by molar-refractivity contribution is 0.318. The molecule has 0 amide bonds. The van der Waals surface area contributed by atoms with Gasteiger partial charge in [-0.3, -0.25) is 4.90 Å². The quantitative estimate of drug-likeness (QED) is 0.753. The summed E-state index contributed by atoms with van der Waals surface area (Å²) in [6.07, 6.45) is 6.61. The molecule has 0 atom stereocenters. The summed E-state index contributed by atoms with van der Waals surface area (Å²) in [5, 5.41) is 3.16. The largest absolute Gasteiger partial charge is 0.330 e. The van der Waals surface area contributed by atoms with Crippen molar-refractivity contribution in [3.8, 4) is 0 Å². The van der Waals surface area contributed by atoms with E-state index in [1.807, 2.05) is 19.6 Å². The summed E-state index contributed by atoms with van der Waals surface area (Å²) in [5.74, 6) is 0. The van der Waals surface area contributed by atoms with Gasteiger partial charge in [0.2, 0.25) is 0 Å². The van der Waals surface area contributed by atoms with Gasteiger partial charge >= 0.3 is 0 Å². The summed E-state index contributed by atoms with van der Waals surface area (Å²) in [7, 11) is 4.14. The Labute approximate surface area is 91.3 Å². The van der Waals surface area contributed by atoms with Gasteiger partial charge in [-0.15, -0.1) is 0 Å². The summed E-state index contributed by atoms with van der Waals surface area (Å²) >= 11 is 0. The van der Waals surface area contributed by atoms with E-state index in [2.05, 4.69) is 26.8 Å². The summed E-state index contributed by atoms with van der Waals surface area (Å²) in [4.78, 5) is 6.56. The van der Waals surface area contributed by atoms with Crippen LogP contribution in [-0.4, -0.2) is 41.6 Å². The van der Waals surface area contributed by atoms with Crippen molar-refractivity contribution in [2.75, 3.05) is 27.2 Å². The molecule has 2 rings (SSSR count). The smallest absolute Gasteiger partial charge is 0.0951 e. The highest BCUT2D eigenvalue weighted by Crippen LogP contribution is 2.35. The predicted molar refractivity (Wildman–Crippen MR) is 60.8 cm³/mol. The van der Waals surface area contributed by atoms with Crippen LogP contribution < -0.4 is 5.32 Å². The molecule has 1 heterocycles. The zero-order valence-electron chi connectivity index (χ0n) is 9.61. The molecule has 1 aromatic heterocycles. The first-order valence-corrected chi connectivity index (χ1v) is 5.65. The summed E-state index contributed by atoms with van der Waals surface area (Å²) in [6.45, 7) is 3.11. The van der Waals surface area contributed by atoms with Gasteiger partial charge in [-0.1, -0.05) is 0 Å². The highest BCUT2D eigenvalue weighted by molar-refractivity contribution is 5.03. The summed E-state index contributed by atoms with van der Waals surface area (Å²) in [5.41, 5.74) is 1.34. The molecule has 0 saturated heterocycles. The number of hydrogen-bond donors (Lipinski definition) is 1. The summed E-state index contributed by atoms with van der Waals surface area (Å²) in [6, 6.07) is 0.736. The van der Waals surface area contributed by atoms with E-state index < -0.39 is 0 Å². The molecule has 0 unspecified atom stereocenters. The van der Waals surface area contributed by atoms with Gasteiger partial charge in [0.15, 0.2) is 0 Å². The van der Waals surface area contributed by atoms with Gasteiger partial charge in [0.25, 0.3) is 0 Å². The number of nitrogens with one attached hydrogen (secondary N) is 1. The molecule has 0 spiro atoms. The number of imidazole rings is 1. The van der Waals surface area contributed by atoms with Gasteiger partial charge in [0, 0.05) is 31.9 Å². The monoisotopic (exact) mass is 208 g/mol. The van der Waals surface area contributed by atoms with Crippen LogP contribution in [0, 0.1) is 0 Å². The van der Waals surface area contributed by atoms with Crippen molar-refractivity contribution >= 4 is 0 Å². The van der Waals surface area contributed by atoms with Crippen molar-refractivity contribution in [3.05, 3.63) is 18.2 Å². The number of rotatable bonds is 6. The topological polar surface area (TPSA) is 33.1 Å². The fraction of sp³-hybridized carbons (Fsp3) is 0.727. The number of hydrogen-bond acceptors (Lipinski definition) is 3. The van der Waals surface area contributed by atoms with Gasteiger partial charge in [-0.2, -0.15) is 0 Å². The first kappa shape index (κ1) is 10.6. The molecule has 0 radical (unpaired) electrons. The molecular formula is C11H20N4. The van der Waals surface area contributed by atoms with Crippen molar-refractivity contribution in [1.82, 2.24) is 19.8 Å². The van der Waals surface area contributed by atoms with Gasteiger partial charge in [-0.05, 0) is 26.9 Å². The van der Waals surface area contributed by atoms with Crippen LogP contribution >= 0.6 is 0 Å². The SMILES string of the molecule is CNCCN(C)Cc1cncn1C1CC1. The lowest BCUT2D eigenvalue weighted by Gasteiger charge is -2.17. The van der Waals surface area contributed by atoms with Crippen LogP contribution in [-0.2, 0) is 6.54 Å². The molecule has 0 bridgehead atoms. The molecular weight excluding hydrogens is 188 g/mol. The van der Waals surface area contributed by atoms with E-state index >= 15 is 0 Å². The molecule has 1 saturated carbocycles. The fourth-order valence-electron chi connectivity index (χ4n) is 1.79. The van der Waals surface area contributed by atoms with E-state index in [1.165, 1.54) is 18.5 Å². The van der Waals surface area contributed by atoms with E-state index in [-0.39, 0.29) is 0 Å². The third-order valence-electron chi connectivity index (χ3n) is 2.86. The average molecular weight is 208 g/mol. The maximum absolute atomic E-state index is 4.24. The maximum atomic E-state index is 4.24. The molecule has 1 N–H and O–H groups in total. The maximum Gasteiger partial charge on any atom is 0.0951 e. The number of aromatic nitrogens is 2. The molecule has 0 aromatic carbocycles. The first-order valence-electron chi connectivity index (χ1n) is 5.65. The Morgan fingerprint density at radius 1 is 1.60 bits per heavy atom. The first-order chi connectivity index (χ1) is 7.31. The van der Waals surface area contributed by atoms with Crippen molar-refractivity contribution in [2.45, 2.75) is 25.4 Å². The van der Waals surface area contributed by atoms with Crippen LogP contribution in [0.5, 0.6) is 0 Å². The third-order valence-corrected chi connectivity index (χ3v) is 2.86. The van der Waals surface area contributed by atoms with Crippen LogP contribution in [0.1, 0.15) is 24.6 Å². The third kappa shape index (κ3) is 2.79. The second kappa shape index (κ2) is 4.77. The zero-order valence-corrected chi connectivity index (χ0v) is 9.61. The van der Waals surface area contributed by atoms with Gasteiger partial charge in [0.05, 0.1) is 12.0 Å². The Hall–Kier alpha value is -0.870. The van der Waals surface area contributed by atoms with Crippen LogP contribution in [0.3, 0.4) is 0 Å². The highest BCUT2D eigenvalue weighted by atomic mass is 15.2. The molecule has 1 aliphatic carbocycles. The predicted octanol–water partition coefficient (Wildman–Crippen LogP) is 0.869. The van der Waals surface area contributed by atoms with Crippen LogP contribution in [0.4, 0.5) is 0 Å². The molecule has 0 aliphatic heterocycles. The normalized spacial score (nSPS) is 16.2. The van der Waals surface area contributed by atoms with Gasteiger partial charge in [0.1, 0.15) is 0 Å².